The van der Waals surface area contributed by atoms with E-state index in [0.29, 0.717) is 12.4 Å². The van der Waals surface area contributed by atoms with E-state index in [1.54, 1.807) is 13.3 Å². The summed E-state index contributed by atoms with van der Waals surface area (Å²) in [5, 5.41) is 0. The number of hydrogen-bond acceptors (Lipinski definition) is 5. The molecule has 3 aliphatic rings. The molecule has 0 radical (unpaired) electrons. The van der Waals surface area contributed by atoms with Crippen molar-refractivity contribution in [3.8, 4) is 0 Å². The predicted molar refractivity (Wildman–Crippen MR) is 110 cm³/mol. The zero-order valence-electron chi connectivity index (χ0n) is 17.1. The number of guanidine groups is 1. The molecule has 1 fully saturated rings. The van der Waals surface area contributed by atoms with Crippen molar-refractivity contribution < 1.29 is 18.6 Å². The zero-order valence-corrected chi connectivity index (χ0v) is 17.1. The van der Waals surface area contributed by atoms with E-state index in [9.17, 15) is 9.59 Å². The van der Waals surface area contributed by atoms with Gasteiger partial charge in [-0.3, -0.25) is 19.2 Å². The van der Waals surface area contributed by atoms with Crippen LogP contribution >= 0.6 is 0 Å². The molecule has 154 valence electrons. The number of nitrogens with zero attached hydrogens (tertiary/aromatic N) is 5. The minimum atomic E-state index is -0.564. The van der Waals surface area contributed by atoms with Crippen LogP contribution in [-0.2, 0) is 17.9 Å². The second kappa shape index (κ2) is 7.12. The molecule has 30 heavy (non-hydrogen) atoms. The van der Waals surface area contributed by atoms with Crippen molar-refractivity contribution in [2.75, 3.05) is 20.1 Å². The SMILES string of the molecule is Cc1ccccc1CN1C(=O)C2C(=NC3=[N+](Cc4ccco4)CCCN32)N(C)C1=O. The summed E-state index contributed by atoms with van der Waals surface area (Å²) in [6.45, 7) is 4.39. The molecular formula is C22H24N5O3+. The van der Waals surface area contributed by atoms with Crippen LogP contribution in [0.25, 0.3) is 0 Å². The number of benzene rings is 1. The maximum atomic E-state index is 13.5. The summed E-state index contributed by atoms with van der Waals surface area (Å²) in [6, 6.07) is 10.7. The van der Waals surface area contributed by atoms with E-state index in [0.717, 1.165) is 42.4 Å². The molecule has 8 heteroatoms. The average molecular weight is 406 g/mol. The molecule has 2 aromatic rings. The number of urea groups is 1. The number of furan rings is 1. The van der Waals surface area contributed by atoms with Crippen LogP contribution in [0.5, 0.6) is 0 Å². The minimum absolute atomic E-state index is 0.213. The van der Waals surface area contributed by atoms with Crippen LogP contribution < -0.4 is 0 Å². The van der Waals surface area contributed by atoms with Crippen molar-refractivity contribution in [3.05, 3.63) is 59.5 Å². The van der Waals surface area contributed by atoms with E-state index in [4.69, 9.17) is 9.41 Å². The van der Waals surface area contributed by atoms with Crippen molar-refractivity contribution in [2.24, 2.45) is 4.99 Å². The molecule has 3 aliphatic heterocycles. The van der Waals surface area contributed by atoms with Gasteiger partial charge >= 0.3 is 12.0 Å². The normalized spacial score (nSPS) is 21.2. The number of likely N-dealkylation sites (N-methyl/N-ethyl adjacent to an activating group) is 1. The molecule has 1 aromatic heterocycles. The number of aryl methyl sites for hydroxylation is 1. The first kappa shape index (κ1) is 18.6. The van der Waals surface area contributed by atoms with Gasteiger partial charge in [0.2, 0.25) is 11.9 Å². The van der Waals surface area contributed by atoms with Gasteiger partial charge in [0.15, 0.2) is 0 Å². The Kier molecular flexibility index (Phi) is 4.42. The Morgan fingerprint density at radius 3 is 2.80 bits per heavy atom. The number of amides is 3. The molecule has 0 bridgehead atoms. The number of hydrogen-bond donors (Lipinski definition) is 0. The Morgan fingerprint density at radius 1 is 1.20 bits per heavy atom. The van der Waals surface area contributed by atoms with Crippen LogP contribution in [0.2, 0.25) is 0 Å². The lowest BCUT2D eigenvalue weighted by atomic mass is 10.1. The molecule has 0 aliphatic carbocycles. The number of fused-ring (bicyclic) bond motifs is 3. The van der Waals surface area contributed by atoms with E-state index < -0.39 is 6.04 Å². The molecule has 1 aromatic carbocycles. The number of aliphatic imine (C=N–C) groups is 1. The lowest BCUT2D eigenvalue weighted by molar-refractivity contribution is -0.556. The first-order valence-electron chi connectivity index (χ1n) is 10.2. The van der Waals surface area contributed by atoms with Crippen LogP contribution in [0, 0.1) is 6.92 Å². The summed E-state index contributed by atoms with van der Waals surface area (Å²) in [5.74, 6) is 1.88. The van der Waals surface area contributed by atoms with Gasteiger partial charge in [0.1, 0.15) is 12.3 Å². The Labute approximate surface area is 174 Å². The Balaban J connectivity index is 1.48. The third-order valence-electron chi connectivity index (χ3n) is 6.02. The summed E-state index contributed by atoms with van der Waals surface area (Å²) >= 11 is 0. The van der Waals surface area contributed by atoms with Gasteiger partial charge in [-0.2, -0.15) is 0 Å². The molecular weight excluding hydrogens is 382 g/mol. The third kappa shape index (κ3) is 2.91. The van der Waals surface area contributed by atoms with E-state index in [-0.39, 0.29) is 18.5 Å². The fraction of sp³-hybridized carbons (Fsp3) is 0.364. The highest BCUT2D eigenvalue weighted by Crippen LogP contribution is 2.27. The van der Waals surface area contributed by atoms with Gasteiger partial charge in [0, 0.05) is 13.5 Å². The van der Waals surface area contributed by atoms with Gasteiger partial charge in [-0.15, -0.1) is 0 Å². The van der Waals surface area contributed by atoms with Crippen LogP contribution in [-0.4, -0.2) is 69.2 Å². The number of amidine groups is 1. The largest absolute Gasteiger partial charge is 0.466 e. The summed E-state index contributed by atoms with van der Waals surface area (Å²) in [7, 11) is 1.70. The van der Waals surface area contributed by atoms with Crippen molar-refractivity contribution in [1.29, 1.82) is 0 Å². The smallest absolute Gasteiger partial charge is 0.392 e. The maximum absolute atomic E-state index is 13.5. The second-order valence-corrected chi connectivity index (χ2v) is 7.91. The lowest BCUT2D eigenvalue weighted by Gasteiger charge is -2.36. The molecule has 8 nitrogen and oxygen atoms in total. The van der Waals surface area contributed by atoms with E-state index in [1.165, 1.54) is 9.80 Å². The molecule has 5 rings (SSSR count). The van der Waals surface area contributed by atoms with Crippen LogP contribution in [0.3, 0.4) is 0 Å². The first-order valence-corrected chi connectivity index (χ1v) is 10.2. The standard InChI is InChI=1S/C22H24N5O3/c1-15-7-3-4-8-16(15)13-27-20(28)18-19(24(2)22(27)29)23-21-25(10-6-11-26(18)21)14-17-9-5-12-30-17/h3-5,7-9,12,18H,6,10-11,13-14H2,1-2H3/q+1. The summed E-state index contributed by atoms with van der Waals surface area (Å²) < 4.78 is 7.61. The summed E-state index contributed by atoms with van der Waals surface area (Å²) in [6.07, 6.45) is 2.56. The maximum Gasteiger partial charge on any atom is 0.392 e. The fourth-order valence-corrected chi connectivity index (χ4v) is 4.36. The molecule has 1 atom stereocenters. The first-order chi connectivity index (χ1) is 14.5. The molecule has 1 saturated heterocycles. The van der Waals surface area contributed by atoms with Crippen molar-refractivity contribution in [1.82, 2.24) is 14.7 Å². The molecule has 3 amide bonds. The number of carbonyl (C=O) groups excluding carboxylic acids is 2. The van der Waals surface area contributed by atoms with Gasteiger partial charge < -0.3 is 4.42 Å². The fourth-order valence-electron chi connectivity index (χ4n) is 4.36. The number of carbonyl (C=O) groups is 2. The highest BCUT2D eigenvalue weighted by molar-refractivity contribution is 6.25. The van der Waals surface area contributed by atoms with Gasteiger partial charge in [0.05, 0.1) is 25.9 Å². The minimum Gasteiger partial charge on any atom is -0.466 e. The highest BCUT2D eigenvalue weighted by Gasteiger charge is 2.56. The van der Waals surface area contributed by atoms with Crippen molar-refractivity contribution in [3.63, 3.8) is 0 Å². The van der Waals surface area contributed by atoms with Gasteiger partial charge in [-0.25, -0.2) is 9.69 Å². The summed E-state index contributed by atoms with van der Waals surface area (Å²) in [5.41, 5.74) is 2.02. The predicted octanol–water partition coefficient (Wildman–Crippen LogP) is 2.04. The monoisotopic (exact) mass is 406 g/mol. The zero-order chi connectivity index (χ0) is 20.8. The van der Waals surface area contributed by atoms with Crippen LogP contribution in [0.4, 0.5) is 4.79 Å². The van der Waals surface area contributed by atoms with Crippen LogP contribution in [0.1, 0.15) is 23.3 Å². The number of imide groups is 1. The Hall–Kier alpha value is -3.42. The van der Waals surface area contributed by atoms with Crippen LogP contribution in [0.15, 0.2) is 52.1 Å². The quantitative estimate of drug-likeness (QED) is 0.729. The molecule has 1 unspecified atom stereocenters. The third-order valence-corrected chi connectivity index (χ3v) is 6.02. The number of rotatable bonds is 4. The van der Waals surface area contributed by atoms with Crippen molar-refractivity contribution in [2.45, 2.75) is 32.5 Å². The molecule has 4 heterocycles. The lowest BCUT2D eigenvalue weighted by Crippen LogP contribution is -2.64. The van der Waals surface area contributed by atoms with Gasteiger partial charge in [0.25, 0.3) is 5.91 Å². The topological polar surface area (TPSA) is 72.4 Å². The average Bonchev–Trinajstić information content (AvgIpc) is 3.39. The Bertz CT molecular complexity index is 1070. The van der Waals surface area contributed by atoms with E-state index in [1.807, 2.05) is 48.2 Å². The molecule has 0 spiro atoms. The van der Waals surface area contributed by atoms with Gasteiger partial charge in [-0.1, -0.05) is 29.3 Å². The van der Waals surface area contributed by atoms with Gasteiger partial charge in [-0.05, 0) is 30.2 Å². The molecule has 0 saturated carbocycles. The Morgan fingerprint density at radius 2 is 2.03 bits per heavy atom. The second-order valence-electron chi connectivity index (χ2n) is 7.91. The highest BCUT2D eigenvalue weighted by atomic mass is 16.3. The van der Waals surface area contributed by atoms with E-state index >= 15 is 0 Å². The summed E-state index contributed by atoms with van der Waals surface area (Å²) in [4.78, 5) is 36.1. The van der Waals surface area contributed by atoms with E-state index in [2.05, 4.69) is 4.58 Å². The van der Waals surface area contributed by atoms with Crippen molar-refractivity contribution >= 4 is 23.7 Å². The molecule has 0 N–H and O–H groups in total.